The van der Waals surface area contributed by atoms with Crippen molar-refractivity contribution in [1.82, 2.24) is 4.72 Å². The van der Waals surface area contributed by atoms with Gasteiger partial charge < -0.3 is 0 Å². The maximum atomic E-state index is 11.7. The molecule has 0 spiro atoms. The Kier molecular flexibility index (Phi) is 5.29. The van der Waals surface area contributed by atoms with E-state index in [-0.39, 0.29) is 0 Å². The summed E-state index contributed by atoms with van der Waals surface area (Å²) in [6.07, 6.45) is 3.80. The highest BCUT2D eigenvalue weighted by molar-refractivity contribution is 7.83. The lowest BCUT2D eigenvalue weighted by Crippen LogP contribution is -2.18. The van der Waals surface area contributed by atoms with Crippen LogP contribution in [0.1, 0.15) is 18.4 Å². The number of hydrogen-bond acceptors (Lipinski definition) is 1. The van der Waals surface area contributed by atoms with E-state index in [1.54, 1.807) is 0 Å². The Morgan fingerprint density at radius 2 is 2.07 bits per heavy atom. The summed E-state index contributed by atoms with van der Waals surface area (Å²) in [4.78, 5) is 0.833. The van der Waals surface area contributed by atoms with Crippen LogP contribution >= 0.6 is 0 Å². The molecule has 1 atom stereocenters. The highest BCUT2D eigenvalue weighted by atomic mass is 32.2. The van der Waals surface area contributed by atoms with E-state index < -0.39 is 11.0 Å². The van der Waals surface area contributed by atoms with Crippen LogP contribution in [0.5, 0.6) is 0 Å². The normalized spacial score (nSPS) is 12.3. The monoisotopic (exact) mass is 223 g/mol. The maximum Gasteiger partial charge on any atom is 0.124 e. The van der Waals surface area contributed by atoms with Gasteiger partial charge >= 0.3 is 0 Å². The molecule has 0 aliphatic heterocycles. The molecular formula is C12H17NOS. The van der Waals surface area contributed by atoms with Crippen molar-refractivity contribution in [3.05, 3.63) is 42.5 Å². The summed E-state index contributed by atoms with van der Waals surface area (Å²) in [5.74, 6) is 0. The van der Waals surface area contributed by atoms with E-state index in [0.717, 1.165) is 24.3 Å². The van der Waals surface area contributed by atoms with E-state index in [1.165, 1.54) is 5.56 Å². The minimum atomic E-state index is -1.08. The number of rotatable bonds is 6. The van der Waals surface area contributed by atoms with Crippen LogP contribution in [0.3, 0.4) is 0 Å². The fourth-order valence-corrected chi connectivity index (χ4v) is 2.04. The van der Waals surface area contributed by atoms with Crippen molar-refractivity contribution in [3.8, 4) is 0 Å². The first-order chi connectivity index (χ1) is 7.24. The lowest BCUT2D eigenvalue weighted by molar-refractivity contribution is 0.668. The first-order valence-corrected chi connectivity index (χ1v) is 6.22. The number of nitrogens with one attached hydrogen (secondary N) is 1. The molecule has 0 aliphatic rings. The largest absolute Gasteiger partial charge is 0.238 e. The summed E-state index contributed by atoms with van der Waals surface area (Å²) >= 11 is 0. The van der Waals surface area contributed by atoms with E-state index in [2.05, 4.69) is 11.3 Å². The number of unbranched alkanes of at least 4 members (excludes halogenated alkanes) is 1. The minimum Gasteiger partial charge on any atom is -0.238 e. The average Bonchev–Trinajstić information content (AvgIpc) is 2.25. The van der Waals surface area contributed by atoms with E-state index in [0.29, 0.717) is 0 Å². The molecule has 0 amide bonds. The lowest BCUT2D eigenvalue weighted by atomic mass is 10.2. The molecule has 0 aliphatic carbocycles. The fourth-order valence-electron chi connectivity index (χ4n) is 1.16. The van der Waals surface area contributed by atoms with E-state index in [9.17, 15) is 4.21 Å². The van der Waals surface area contributed by atoms with Crippen LogP contribution < -0.4 is 4.72 Å². The second-order valence-corrected chi connectivity index (χ2v) is 4.70. The highest BCUT2D eigenvalue weighted by Gasteiger charge is 2.01. The number of hydrogen-bond donors (Lipinski definition) is 1. The number of benzene rings is 1. The zero-order valence-corrected chi connectivity index (χ0v) is 9.85. The molecule has 0 bridgehead atoms. The summed E-state index contributed by atoms with van der Waals surface area (Å²) in [5, 5.41) is 0. The second-order valence-electron chi connectivity index (χ2n) is 3.41. The van der Waals surface area contributed by atoms with Gasteiger partial charge in [-0.25, -0.2) is 8.93 Å². The van der Waals surface area contributed by atoms with Crippen molar-refractivity contribution < 1.29 is 4.21 Å². The Morgan fingerprint density at radius 1 is 1.40 bits per heavy atom. The van der Waals surface area contributed by atoms with Crippen LogP contribution in [0.2, 0.25) is 0 Å². The molecule has 0 unspecified atom stereocenters. The molecule has 1 rings (SSSR count). The average molecular weight is 223 g/mol. The van der Waals surface area contributed by atoms with Crippen molar-refractivity contribution in [2.45, 2.75) is 24.7 Å². The highest BCUT2D eigenvalue weighted by Crippen LogP contribution is 2.06. The molecule has 0 fully saturated rings. The molecule has 1 aromatic rings. The Bertz CT molecular complexity index is 332. The Balaban J connectivity index is 2.40. The van der Waals surface area contributed by atoms with Gasteiger partial charge in [0.2, 0.25) is 0 Å². The van der Waals surface area contributed by atoms with Gasteiger partial charge in [0, 0.05) is 6.54 Å². The van der Waals surface area contributed by atoms with Crippen molar-refractivity contribution in [2.75, 3.05) is 6.54 Å². The zero-order chi connectivity index (χ0) is 11.1. The molecule has 3 heteroatoms. The molecule has 1 N–H and O–H groups in total. The Hall–Kier alpha value is -0.930. The zero-order valence-electron chi connectivity index (χ0n) is 9.03. The first-order valence-electron chi connectivity index (χ1n) is 5.07. The van der Waals surface area contributed by atoms with Crippen molar-refractivity contribution >= 4 is 11.0 Å². The van der Waals surface area contributed by atoms with Crippen LogP contribution in [-0.2, 0) is 11.0 Å². The molecule has 0 aromatic heterocycles. The van der Waals surface area contributed by atoms with Crippen LogP contribution in [-0.4, -0.2) is 10.8 Å². The van der Waals surface area contributed by atoms with Crippen LogP contribution in [0, 0.1) is 6.92 Å². The lowest BCUT2D eigenvalue weighted by Gasteiger charge is -2.03. The molecular weight excluding hydrogens is 206 g/mol. The molecule has 15 heavy (non-hydrogen) atoms. The minimum absolute atomic E-state index is 0.756. The summed E-state index contributed by atoms with van der Waals surface area (Å²) < 4.78 is 14.7. The topological polar surface area (TPSA) is 29.1 Å². The SMILES string of the molecule is C=CCCCN[S@@](=O)c1ccc(C)cc1. The van der Waals surface area contributed by atoms with Gasteiger partial charge in [0.05, 0.1) is 4.90 Å². The molecule has 0 saturated heterocycles. The van der Waals surface area contributed by atoms with Gasteiger partial charge in [-0.15, -0.1) is 6.58 Å². The fraction of sp³-hybridized carbons (Fsp3) is 0.333. The third-order valence-electron chi connectivity index (χ3n) is 2.05. The molecule has 1 aromatic carbocycles. The third-order valence-corrected chi connectivity index (χ3v) is 3.22. The smallest absolute Gasteiger partial charge is 0.124 e. The van der Waals surface area contributed by atoms with Gasteiger partial charge in [-0.05, 0) is 31.9 Å². The molecule has 2 nitrogen and oxygen atoms in total. The molecule has 82 valence electrons. The number of allylic oxidation sites excluding steroid dienone is 1. The van der Waals surface area contributed by atoms with E-state index in [4.69, 9.17) is 0 Å². The molecule has 0 saturated carbocycles. The van der Waals surface area contributed by atoms with Gasteiger partial charge in [-0.3, -0.25) is 0 Å². The standard InChI is InChI=1S/C12H17NOS/c1-3-4-5-10-13-15(14)12-8-6-11(2)7-9-12/h3,6-9,13H,1,4-5,10H2,2H3/t15-/m0/s1. The second kappa shape index (κ2) is 6.53. The van der Waals surface area contributed by atoms with Gasteiger partial charge in [-0.2, -0.15) is 0 Å². The van der Waals surface area contributed by atoms with Gasteiger partial charge in [-0.1, -0.05) is 23.8 Å². The van der Waals surface area contributed by atoms with Gasteiger partial charge in [0.25, 0.3) is 0 Å². The van der Waals surface area contributed by atoms with Gasteiger partial charge in [0.1, 0.15) is 11.0 Å². The van der Waals surface area contributed by atoms with E-state index in [1.807, 2.05) is 37.3 Å². The van der Waals surface area contributed by atoms with Crippen LogP contribution in [0.4, 0.5) is 0 Å². The molecule has 0 radical (unpaired) electrons. The maximum absolute atomic E-state index is 11.7. The summed E-state index contributed by atoms with van der Waals surface area (Å²) in [6.45, 7) is 6.42. The quantitative estimate of drug-likeness (QED) is 0.583. The number of aryl methyl sites for hydroxylation is 1. The van der Waals surface area contributed by atoms with Crippen LogP contribution in [0.25, 0.3) is 0 Å². The third kappa shape index (κ3) is 4.40. The summed E-state index contributed by atoms with van der Waals surface area (Å²) in [5.41, 5.74) is 1.18. The summed E-state index contributed by atoms with van der Waals surface area (Å²) in [7, 11) is -1.08. The molecule has 0 heterocycles. The van der Waals surface area contributed by atoms with E-state index >= 15 is 0 Å². The Labute approximate surface area is 94.0 Å². The predicted molar refractivity (Wildman–Crippen MR) is 65.0 cm³/mol. The summed E-state index contributed by atoms with van der Waals surface area (Å²) in [6, 6.07) is 7.73. The predicted octanol–water partition coefficient (Wildman–Crippen LogP) is 2.57. The van der Waals surface area contributed by atoms with Crippen molar-refractivity contribution in [1.29, 1.82) is 0 Å². The van der Waals surface area contributed by atoms with Crippen molar-refractivity contribution in [3.63, 3.8) is 0 Å². The Morgan fingerprint density at radius 3 is 2.67 bits per heavy atom. The van der Waals surface area contributed by atoms with Crippen LogP contribution in [0.15, 0.2) is 41.8 Å². The van der Waals surface area contributed by atoms with Crippen molar-refractivity contribution in [2.24, 2.45) is 0 Å². The first kappa shape index (κ1) is 12.1. The van der Waals surface area contributed by atoms with Gasteiger partial charge in [0.15, 0.2) is 0 Å².